The van der Waals surface area contributed by atoms with Gasteiger partial charge in [-0.25, -0.2) is 0 Å². The molecule has 1 aliphatic heterocycles. The highest BCUT2D eigenvalue weighted by molar-refractivity contribution is 8.18. The molecule has 0 aromatic heterocycles. The molecule has 1 saturated heterocycles. The second-order valence-electron chi connectivity index (χ2n) is 8.98. The molecule has 1 fully saturated rings. The molecule has 0 unspecified atom stereocenters. The summed E-state index contributed by atoms with van der Waals surface area (Å²) in [5, 5.41) is 4.75. The monoisotopic (exact) mass is 556 g/mol. The SMILES string of the molecule is CCc1ccc(NC(=O)CN2C(=O)S/C(=C/c3c(OCc4ccc(Cl)cc4)ccc4ccccc34)C2=O)cc1. The molecule has 0 radical (unpaired) electrons. The van der Waals surface area contributed by atoms with Gasteiger partial charge in [0.15, 0.2) is 0 Å². The van der Waals surface area contributed by atoms with Gasteiger partial charge in [0.1, 0.15) is 18.9 Å². The number of fused-ring (bicyclic) bond motifs is 1. The zero-order valence-corrected chi connectivity index (χ0v) is 22.7. The number of thioether (sulfide) groups is 1. The number of amides is 3. The molecule has 5 rings (SSSR count). The van der Waals surface area contributed by atoms with Crippen molar-refractivity contribution < 1.29 is 19.1 Å². The highest BCUT2D eigenvalue weighted by atomic mass is 35.5. The molecule has 0 spiro atoms. The fourth-order valence-electron chi connectivity index (χ4n) is 4.23. The molecule has 8 heteroatoms. The van der Waals surface area contributed by atoms with Gasteiger partial charge in [-0.1, -0.05) is 73.1 Å². The smallest absolute Gasteiger partial charge is 0.294 e. The molecule has 1 N–H and O–H groups in total. The third-order valence-corrected chi connectivity index (χ3v) is 7.49. The third kappa shape index (κ3) is 6.16. The minimum absolute atomic E-state index is 0.229. The van der Waals surface area contributed by atoms with Gasteiger partial charge in [-0.05, 0) is 76.5 Å². The van der Waals surface area contributed by atoms with Crippen molar-refractivity contribution in [3.8, 4) is 5.75 Å². The number of hydrogen-bond donors (Lipinski definition) is 1. The Bertz CT molecular complexity index is 1580. The second kappa shape index (κ2) is 11.8. The summed E-state index contributed by atoms with van der Waals surface area (Å²) in [5.41, 5.74) is 3.38. The number of aryl methyl sites for hydroxylation is 1. The first-order valence-corrected chi connectivity index (χ1v) is 13.6. The number of ether oxygens (including phenoxy) is 1. The van der Waals surface area contributed by atoms with E-state index >= 15 is 0 Å². The maximum absolute atomic E-state index is 13.2. The van der Waals surface area contributed by atoms with Crippen molar-refractivity contribution in [1.82, 2.24) is 4.90 Å². The lowest BCUT2D eigenvalue weighted by Crippen LogP contribution is -2.36. The maximum Gasteiger partial charge on any atom is 0.294 e. The Labute approximate surface area is 235 Å². The zero-order valence-electron chi connectivity index (χ0n) is 21.1. The number of rotatable bonds is 8. The van der Waals surface area contributed by atoms with Crippen molar-refractivity contribution >= 4 is 63.0 Å². The van der Waals surface area contributed by atoms with Crippen LogP contribution in [0.1, 0.15) is 23.6 Å². The lowest BCUT2D eigenvalue weighted by Gasteiger charge is -2.14. The van der Waals surface area contributed by atoms with Crippen LogP contribution >= 0.6 is 23.4 Å². The van der Waals surface area contributed by atoms with Gasteiger partial charge in [-0.2, -0.15) is 0 Å². The second-order valence-corrected chi connectivity index (χ2v) is 10.4. The Morgan fingerprint density at radius 3 is 2.41 bits per heavy atom. The van der Waals surface area contributed by atoms with Crippen LogP contribution in [0.5, 0.6) is 5.75 Å². The van der Waals surface area contributed by atoms with Gasteiger partial charge in [0.2, 0.25) is 5.91 Å². The minimum Gasteiger partial charge on any atom is -0.488 e. The van der Waals surface area contributed by atoms with Gasteiger partial charge in [-0.15, -0.1) is 0 Å². The molecule has 0 atom stereocenters. The van der Waals surface area contributed by atoms with E-state index in [1.54, 1.807) is 30.3 Å². The van der Waals surface area contributed by atoms with Gasteiger partial charge < -0.3 is 10.1 Å². The summed E-state index contributed by atoms with van der Waals surface area (Å²) in [6.45, 7) is 1.98. The summed E-state index contributed by atoms with van der Waals surface area (Å²) in [6, 6.07) is 26.4. The van der Waals surface area contributed by atoms with Crippen LogP contribution in [0.25, 0.3) is 16.8 Å². The number of imide groups is 1. The molecule has 39 heavy (non-hydrogen) atoms. The summed E-state index contributed by atoms with van der Waals surface area (Å²) in [5.74, 6) is -0.387. The van der Waals surface area contributed by atoms with Crippen LogP contribution in [0.4, 0.5) is 10.5 Å². The number of halogens is 1. The Morgan fingerprint density at radius 1 is 0.949 bits per heavy atom. The Balaban J connectivity index is 1.37. The minimum atomic E-state index is -0.516. The summed E-state index contributed by atoms with van der Waals surface area (Å²) in [7, 11) is 0. The van der Waals surface area contributed by atoms with Crippen LogP contribution in [0.2, 0.25) is 5.02 Å². The summed E-state index contributed by atoms with van der Waals surface area (Å²) in [4.78, 5) is 39.8. The van der Waals surface area contributed by atoms with Crippen LogP contribution in [0.15, 0.2) is 89.8 Å². The molecule has 6 nitrogen and oxygen atoms in total. The van der Waals surface area contributed by atoms with E-state index in [2.05, 4.69) is 5.32 Å². The maximum atomic E-state index is 13.2. The van der Waals surface area contributed by atoms with Crippen molar-refractivity contribution in [2.24, 2.45) is 0 Å². The molecule has 1 aliphatic rings. The normalized spacial score (nSPS) is 14.3. The molecule has 0 bridgehead atoms. The fraction of sp³-hybridized carbons (Fsp3) is 0.129. The standard InChI is InChI=1S/C31H25ClN2O4S/c1-2-20-9-14-24(15-10-20)33-29(35)18-34-30(36)28(39-31(34)37)17-26-25-6-4-3-5-22(25)11-16-27(26)38-19-21-7-12-23(32)13-8-21/h3-17H,2,18-19H2,1H3,(H,33,35)/b28-17+. The van der Waals surface area contributed by atoms with Gasteiger partial charge >= 0.3 is 0 Å². The number of benzene rings is 4. The number of nitrogens with zero attached hydrogens (tertiary/aromatic N) is 1. The van der Waals surface area contributed by atoms with E-state index in [-0.39, 0.29) is 11.4 Å². The average molecular weight is 557 g/mol. The van der Waals surface area contributed by atoms with E-state index in [1.807, 2.05) is 67.6 Å². The van der Waals surface area contributed by atoms with Crippen molar-refractivity contribution in [2.75, 3.05) is 11.9 Å². The number of carbonyl (C=O) groups is 3. The van der Waals surface area contributed by atoms with Crippen molar-refractivity contribution in [3.63, 3.8) is 0 Å². The summed E-state index contributed by atoms with van der Waals surface area (Å²) in [6.07, 6.45) is 2.56. The zero-order chi connectivity index (χ0) is 27.4. The van der Waals surface area contributed by atoms with E-state index in [4.69, 9.17) is 16.3 Å². The van der Waals surface area contributed by atoms with Gasteiger partial charge in [-0.3, -0.25) is 19.3 Å². The van der Waals surface area contributed by atoms with E-state index in [0.29, 0.717) is 28.6 Å². The van der Waals surface area contributed by atoms with Crippen molar-refractivity contribution in [2.45, 2.75) is 20.0 Å². The highest BCUT2D eigenvalue weighted by Crippen LogP contribution is 2.37. The number of hydrogen-bond acceptors (Lipinski definition) is 5. The molecule has 3 amide bonds. The topological polar surface area (TPSA) is 75.7 Å². The van der Waals surface area contributed by atoms with E-state index in [1.165, 1.54) is 0 Å². The van der Waals surface area contributed by atoms with Gasteiger partial charge in [0.05, 0.1) is 4.91 Å². The number of anilines is 1. The van der Waals surface area contributed by atoms with Crippen LogP contribution in [-0.4, -0.2) is 28.5 Å². The summed E-state index contributed by atoms with van der Waals surface area (Å²) >= 11 is 6.81. The van der Waals surface area contributed by atoms with E-state index in [9.17, 15) is 14.4 Å². The fourth-order valence-corrected chi connectivity index (χ4v) is 5.17. The third-order valence-electron chi connectivity index (χ3n) is 6.33. The molecule has 196 valence electrons. The molecule has 0 aliphatic carbocycles. The van der Waals surface area contributed by atoms with Crippen LogP contribution < -0.4 is 10.1 Å². The van der Waals surface area contributed by atoms with E-state index in [0.717, 1.165) is 45.0 Å². The highest BCUT2D eigenvalue weighted by Gasteiger charge is 2.36. The van der Waals surface area contributed by atoms with Crippen molar-refractivity contribution in [3.05, 3.63) is 112 Å². The van der Waals surface area contributed by atoms with Crippen molar-refractivity contribution in [1.29, 1.82) is 0 Å². The predicted molar refractivity (Wildman–Crippen MR) is 157 cm³/mol. The molecule has 4 aromatic carbocycles. The molecular formula is C31H25ClN2O4S. The quantitative estimate of drug-likeness (QED) is 0.230. The number of nitrogens with one attached hydrogen (secondary N) is 1. The van der Waals surface area contributed by atoms with Gasteiger partial charge in [0.25, 0.3) is 11.1 Å². The largest absolute Gasteiger partial charge is 0.488 e. The first-order chi connectivity index (χ1) is 18.9. The predicted octanol–water partition coefficient (Wildman–Crippen LogP) is 7.31. The van der Waals surface area contributed by atoms with Crippen LogP contribution in [0, 0.1) is 0 Å². The Morgan fingerprint density at radius 2 is 1.67 bits per heavy atom. The first kappa shape index (κ1) is 26.5. The molecular weight excluding hydrogens is 532 g/mol. The van der Waals surface area contributed by atoms with E-state index < -0.39 is 17.1 Å². The Kier molecular flexibility index (Phi) is 8.00. The van der Waals surface area contributed by atoms with Crippen LogP contribution in [-0.2, 0) is 22.6 Å². The molecule has 0 saturated carbocycles. The lowest BCUT2D eigenvalue weighted by molar-refractivity contribution is -0.127. The summed E-state index contributed by atoms with van der Waals surface area (Å²) < 4.78 is 6.15. The van der Waals surface area contributed by atoms with Gasteiger partial charge in [0, 0.05) is 16.3 Å². The first-order valence-electron chi connectivity index (χ1n) is 12.4. The Hall–Kier alpha value is -4.07. The number of carbonyl (C=O) groups excluding carboxylic acids is 3. The lowest BCUT2D eigenvalue weighted by atomic mass is 10.0. The van der Waals surface area contributed by atoms with Crippen LogP contribution in [0.3, 0.4) is 0 Å². The molecule has 1 heterocycles. The average Bonchev–Trinajstić information content (AvgIpc) is 3.21. The molecule has 4 aromatic rings.